The fraction of sp³-hybridized carbons (Fsp3) is 0.577. The molecule has 34 heavy (non-hydrogen) atoms. The summed E-state index contributed by atoms with van der Waals surface area (Å²) in [5.41, 5.74) is 1.34. The monoisotopic (exact) mass is 490 g/mol. The molecule has 0 bridgehead atoms. The van der Waals surface area contributed by atoms with Gasteiger partial charge in [-0.15, -0.1) is 0 Å². The quantitative estimate of drug-likeness (QED) is 0.294. The number of nitrogens with one attached hydrogen (secondary N) is 1. The van der Waals surface area contributed by atoms with Crippen molar-refractivity contribution in [3.8, 4) is 0 Å². The lowest BCUT2D eigenvalue weighted by molar-refractivity contribution is -0.155. The largest absolute Gasteiger partial charge is 0.466 e. The number of esters is 1. The number of nitrogens with zero attached hydrogens (tertiary/aromatic N) is 1. The summed E-state index contributed by atoms with van der Waals surface area (Å²) in [5.74, 6) is -2.76. The molecule has 2 N–H and O–H groups in total. The predicted octanol–water partition coefficient (Wildman–Crippen LogP) is 3.97. The smallest absolute Gasteiger partial charge is 0.310 e. The van der Waals surface area contributed by atoms with E-state index in [1.165, 1.54) is 0 Å². The summed E-state index contributed by atoms with van der Waals surface area (Å²) in [6, 6.07) is 4.60. The number of unbranched alkanes of at least 4 members (excludes halogenated alkanes) is 1. The van der Waals surface area contributed by atoms with Crippen LogP contribution in [0.5, 0.6) is 0 Å². The first-order chi connectivity index (χ1) is 16.3. The Labute approximate surface area is 206 Å². The average Bonchev–Trinajstić information content (AvgIpc) is 3.08. The number of fused-ring (bicyclic) bond motifs is 1. The maximum atomic E-state index is 13.7. The van der Waals surface area contributed by atoms with E-state index in [0.717, 1.165) is 18.4 Å². The zero-order valence-electron chi connectivity index (χ0n) is 20.1. The van der Waals surface area contributed by atoms with Gasteiger partial charge in [0, 0.05) is 19.1 Å². The highest BCUT2D eigenvalue weighted by atomic mass is 35.5. The molecule has 5 atom stereocenters. The zero-order chi connectivity index (χ0) is 24.8. The van der Waals surface area contributed by atoms with E-state index in [-0.39, 0.29) is 36.9 Å². The van der Waals surface area contributed by atoms with Crippen molar-refractivity contribution in [1.82, 2.24) is 4.90 Å². The second kappa shape index (κ2) is 11.8. The topological polar surface area (TPSA) is 95.9 Å². The number of allylic oxidation sites excluding steroid dienone is 1. The summed E-state index contributed by atoms with van der Waals surface area (Å²) in [6.07, 6.45) is 6.63. The molecule has 1 saturated heterocycles. The molecule has 1 fully saturated rings. The van der Waals surface area contributed by atoms with Crippen LogP contribution in [0.3, 0.4) is 0 Å². The van der Waals surface area contributed by atoms with Gasteiger partial charge in [-0.2, -0.15) is 0 Å². The Hall–Kier alpha value is -2.38. The Morgan fingerprint density at radius 3 is 2.62 bits per heavy atom. The fourth-order valence-electron chi connectivity index (χ4n) is 5.29. The first-order valence-electron chi connectivity index (χ1n) is 12.2. The number of aliphatic hydroxyl groups excluding tert-OH is 1. The van der Waals surface area contributed by atoms with E-state index < -0.39 is 23.8 Å². The Morgan fingerprint density at radius 1 is 1.21 bits per heavy atom. The molecule has 0 unspecified atom stereocenters. The van der Waals surface area contributed by atoms with Gasteiger partial charge in [-0.1, -0.05) is 49.2 Å². The molecule has 186 valence electrons. The van der Waals surface area contributed by atoms with E-state index in [0.29, 0.717) is 30.1 Å². The van der Waals surface area contributed by atoms with Crippen LogP contribution in [0.1, 0.15) is 45.1 Å². The number of benzene rings is 1. The molecule has 1 aromatic carbocycles. The second-order valence-electron chi connectivity index (χ2n) is 9.05. The third kappa shape index (κ3) is 5.31. The molecule has 0 radical (unpaired) electrons. The van der Waals surface area contributed by atoms with E-state index in [9.17, 15) is 19.5 Å². The van der Waals surface area contributed by atoms with Gasteiger partial charge in [0.25, 0.3) is 0 Å². The third-order valence-electron chi connectivity index (χ3n) is 6.84. The van der Waals surface area contributed by atoms with Gasteiger partial charge in [-0.3, -0.25) is 14.4 Å². The van der Waals surface area contributed by atoms with Gasteiger partial charge in [-0.05, 0) is 50.7 Å². The lowest BCUT2D eigenvalue weighted by Gasteiger charge is -2.33. The van der Waals surface area contributed by atoms with Crippen LogP contribution in [-0.4, -0.2) is 53.6 Å². The molecule has 1 aliphatic carbocycles. The van der Waals surface area contributed by atoms with Crippen LogP contribution in [0.25, 0.3) is 0 Å². The lowest BCUT2D eigenvalue weighted by atomic mass is 9.69. The van der Waals surface area contributed by atoms with E-state index in [4.69, 9.17) is 16.3 Å². The molecule has 0 aromatic heterocycles. The minimum absolute atomic E-state index is 0.00843. The van der Waals surface area contributed by atoms with Gasteiger partial charge < -0.3 is 20.1 Å². The summed E-state index contributed by atoms with van der Waals surface area (Å²) in [6.45, 7) is 6.22. The van der Waals surface area contributed by atoms with Gasteiger partial charge in [-0.25, -0.2) is 0 Å². The summed E-state index contributed by atoms with van der Waals surface area (Å²) < 4.78 is 5.38. The molecule has 2 amide bonds. The fourth-order valence-corrected chi connectivity index (χ4v) is 5.56. The molecular weight excluding hydrogens is 456 g/mol. The van der Waals surface area contributed by atoms with Crippen LogP contribution in [-0.2, 0) is 19.1 Å². The van der Waals surface area contributed by atoms with Gasteiger partial charge >= 0.3 is 5.97 Å². The minimum Gasteiger partial charge on any atom is -0.466 e. The van der Waals surface area contributed by atoms with E-state index in [2.05, 4.69) is 5.32 Å². The molecule has 8 heteroatoms. The number of anilines is 1. The average molecular weight is 491 g/mol. The van der Waals surface area contributed by atoms with Gasteiger partial charge in [0.05, 0.1) is 29.2 Å². The summed E-state index contributed by atoms with van der Waals surface area (Å²) >= 11 is 6.34. The summed E-state index contributed by atoms with van der Waals surface area (Å²) in [5, 5.41) is 12.6. The first-order valence-corrected chi connectivity index (χ1v) is 12.6. The minimum atomic E-state index is -0.775. The molecular formula is C26H35ClN2O5. The number of halogens is 1. The molecule has 0 saturated carbocycles. The molecule has 3 rings (SSSR count). The van der Waals surface area contributed by atoms with E-state index in [1.54, 1.807) is 17.9 Å². The number of rotatable bonds is 10. The second-order valence-corrected chi connectivity index (χ2v) is 9.45. The molecule has 2 aliphatic rings. The Bertz CT molecular complexity index is 914. The number of aryl methyl sites for hydroxylation is 1. The number of carbonyl (C=O) groups excluding carboxylic acids is 3. The summed E-state index contributed by atoms with van der Waals surface area (Å²) in [7, 11) is 0. The molecule has 1 heterocycles. The maximum Gasteiger partial charge on any atom is 0.310 e. The highest BCUT2D eigenvalue weighted by Crippen LogP contribution is 2.46. The van der Waals surface area contributed by atoms with Crippen LogP contribution < -0.4 is 5.32 Å². The van der Waals surface area contributed by atoms with Crippen molar-refractivity contribution >= 4 is 35.1 Å². The maximum absolute atomic E-state index is 13.7. The van der Waals surface area contributed by atoms with Crippen molar-refractivity contribution in [2.24, 2.45) is 23.7 Å². The van der Waals surface area contributed by atoms with Crippen LogP contribution in [0.15, 0.2) is 30.4 Å². The number of para-hydroxylation sites is 1. The molecule has 0 spiro atoms. The molecule has 1 aliphatic heterocycles. The van der Waals surface area contributed by atoms with Crippen LogP contribution in [0, 0.1) is 30.6 Å². The Morgan fingerprint density at radius 2 is 1.97 bits per heavy atom. The van der Waals surface area contributed by atoms with Crippen molar-refractivity contribution < 1.29 is 24.2 Å². The SMILES string of the molecule is CCC[C@@H]1C=C[C@H]2[C@@H](C(=O)N(CCCCO)[C@@H]2C(=O)Nc2c(C)cccc2Cl)[C@@H]1C(=O)OCC. The van der Waals surface area contributed by atoms with Crippen molar-refractivity contribution in [3.63, 3.8) is 0 Å². The zero-order valence-corrected chi connectivity index (χ0v) is 20.9. The van der Waals surface area contributed by atoms with Crippen molar-refractivity contribution in [1.29, 1.82) is 0 Å². The number of hydrogen-bond donors (Lipinski definition) is 2. The van der Waals surface area contributed by atoms with Crippen molar-refractivity contribution in [2.75, 3.05) is 25.1 Å². The highest BCUT2D eigenvalue weighted by molar-refractivity contribution is 6.34. The molecule has 7 nitrogen and oxygen atoms in total. The van der Waals surface area contributed by atoms with Gasteiger partial charge in [0.15, 0.2) is 0 Å². The number of hydrogen-bond acceptors (Lipinski definition) is 5. The van der Waals surface area contributed by atoms with Crippen molar-refractivity contribution in [2.45, 2.75) is 52.5 Å². The standard InChI is InChI=1S/C26H35ClN2O5/c1-4-9-17-12-13-18-21(20(17)26(33)34-5-2)25(32)29(14-6-7-15-30)23(18)24(31)28-22-16(3)10-8-11-19(22)27/h8,10-13,17-18,20-21,23,30H,4-7,9,14-15H2,1-3H3,(H,28,31)/t17-,18+,20-,21-,23+/m1/s1. The number of aliphatic hydroxyl groups is 1. The Balaban J connectivity index is 1.98. The molecule has 1 aromatic rings. The van der Waals surface area contributed by atoms with E-state index >= 15 is 0 Å². The van der Waals surface area contributed by atoms with Crippen LogP contribution in [0.2, 0.25) is 5.02 Å². The Kier molecular flexibility index (Phi) is 9.14. The van der Waals surface area contributed by atoms with Gasteiger partial charge in [0.2, 0.25) is 11.8 Å². The normalized spacial score (nSPS) is 25.9. The first kappa shape index (κ1) is 26.2. The van der Waals surface area contributed by atoms with E-state index in [1.807, 2.05) is 38.1 Å². The number of carbonyl (C=O) groups is 3. The lowest BCUT2D eigenvalue weighted by Crippen LogP contribution is -2.45. The number of ether oxygens (including phenoxy) is 1. The summed E-state index contributed by atoms with van der Waals surface area (Å²) in [4.78, 5) is 41.9. The van der Waals surface area contributed by atoms with Crippen molar-refractivity contribution in [3.05, 3.63) is 40.9 Å². The van der Waals surface area contributed by atoms with Gasteiger partial charge in [0.1, 0.15) is 6.04 Å². The van der Waals surface area contributed by atoms with Crippen LogP contribution >= 0.6 is 11.6 Å². The van der Waals surface area contributed by atoms with Crippen LogP contribution in [0.4, 0.5) is 5.69 Å². The number of likely N-dealkylation sites (tertiary alicyclic amines) is 1. The highest BCUT2D eigenvalue weighted by Gasteiger charge is 2.57. The third-order valence-corrected chi connectivity index (χ3v) is 7.15. The predicted molar refractivity (Wildman–Crippen MR) is 131 cm³/mol. The number of amides is 2.